The van der Waals surface area contributed by atoms with E-state index < -0.39 is 11.7 Å². The summed E-state index contributed by atoms with van der Waals surface area (Å²) in [4.78, 5) is 5.70. The van der Waals surface area contributed by atoms with Gasteiger partial charge in [0.15, 0.2) is 0 Å². The molecule has 0 amide bonds. The van der Waals surface area contributed by atoms with Gasteiger partial charge in [-0.05, 0) is 36.8 Å². The predicted octanol–water partition coefficient (Wildman–Crippen LogP) is 4.97. The van der Waals surface area contributed by atoms with Gasteiger partial charge in [-0.25, -0.2) is 4.98 Å². The number of hydrogen-bond acceptors (Lipinski definition) is 3. The van der Waals surface area contributed by atoms with Crippen molar-refractivity contribution in [2.75, 3.05) is 12.3 Å². The zero-order valence-electron chi connectivity index (χ0n) is 13.7. The molecule has 7 heteroatoms. The van der Waals surface area contributed by atoms with Crippen LogP contribution in [0.4, 0.5) is 13.2 Å². The minimum Gasteiger partial charge on any atom is -0.386 e. The number of imidazole rings is 1. The summed E-state index contributed by atoms with van der Waals surface area (Å²) in [7, 11) is 0. The van der Waals surface area contributed by atoms with Gasteiger partial charge in [-0.3, -0.25) is 0 Å². The van der Waals surface area contributed by atoms with E-state index in [4.69, 9.17) is 0 Å². The monoisotopic (exact) mass is 365 g/mol. The Morgan fingerprint density at radius 3 is 2.80 bits per heavy atom. The molecule has 1 aromatic heterocycles. The molecular weight excluding hydrogens is 347 g/mol. The molecule has 1 aromatic carbocycles. The van der Waals surface area contributed by atoms with Gasteiger partial charge in [0.25, 0.3) is 0 Å². The Bertz CT molecular complexity index is 876. The lowest BCUT2D eigenvalue weighted by molar-refractivity contribution is -0.137. The van der Waals surface area contributed by atoms with Gasteiger partial charge in [0, 0.05) is 29.3 Å². The summed E-state index contributed by atoms with van der Waals surface area (Å²) >= 11 is 1.71. The number of dihydropyridines is 1. The molecule has 1 saturated carbocycles. The van der Waals surface area contributed by atoms with Gasteiger partial charge in [-0.2, -0.15) is 13.2 Å². The second-order valence-electron chi connectivity index (χ2n) is 6.21. The SMILES string of the molecule is CCSC1=CNCC=C1c1nc2cc(C(F)(F)F)ccc2n1C1CC1. The number of hydrogen-bond donors (Lipinski definition) is 1. The Morgan fingerprint density at radius 2 is 2.12 bits per heavy atom. The van der Waals surface area contributed by atoms with E-state index in [1.54, 1.807) is 17.8 Å². The van der Waals surface area contributed by atoms with Gasteiger partial charge in [0.05, 0.1) is 16.6 Å². The minimum absolute atomic E-state index is 0.334. The number of allylic oxidation sites excluding steroid dienone is 1. The number of halogens is 3. The summed E-state index contributed by atoms with van der Waals surface area (Å²) in [6, 6.07) is 4.21. The first-order valence-corrected chi connectivity index (χ1v) is 9.34. The molecule has 2 aromatic rings. The number of thioether (sulfide) groups is 1. The van der Waals surface area contributed by atoms with Crippen molar-refractivity contribution in [2.24, 2.45) is 0 Å². The average Bonchev–Trinajstić information content (AvgIpc) is 3.34. The summed E-state index contributed by atoms with van der Waals surface area (Å²) in [6.07, 6.45) is 1.79. The fourth-order valence-electron chi connectivity index (χ4n) is 3.13. The Morgan fingerprint density at radius 1 is 1.32 bits per heavy atom. The van der Waals surface area contributed by atoms with Crippen LogP contribution in [-0.2, 0) is 6.18 Å². The van der Waals surface area contributed by atoms with Crippen molar-refractivity contribution >= 4 is 28.4 Å². The number of nitrogens with zero attached hydrogens (tertiary/aromatic N) is 2. The molecule has 1 fully saturated rings. The number of benzene rings is 1. The lowest BCUT2D eigenvalue weighted by Gasteiger charge is -2.17. The fraction of sp³-hybridized carbons (Fsp3) is 0.389. The molecule has 4 rings (SSSR count). The van der Waals surface area contributed by atoms with Crippen molar-refractivity contribution in [2.45, 2.75) is 32.0 Å². The summed E-state index contributed by atoms with van der Waals surface area (Å²) in [5.41, 5.74) is 1.56. The Hall–Kier alpha value is -1.89. The molecular formula is C18H18F3N3S. The van der Waals surface area contributed by atoms with E-state index in [9.17, 15) is 13.2 Å². The van der Waals surface area contributed by atoms with Crippen LogP contribution in [0.25, 0.3) is 16.6 Å². The Balaban J connectivity index is 1.87. The van der Waals surface area contributed by atoms with Gasteiger partial charge in [-0.15, -0.1) is 11.8 Å². The summed E-state index contributed by atoms with van der Waals surface area (Å²) in [5, 5.41) is 3.20. The lowest BCUT2D eigenvalue weighted by atomic mass is 10.2. The maximum atomic E-state index is 13.0. The van der Waals surface area contributed by atoms with E-state index >= 15 is 0 Å². The minimum atomic E-state index is -4.35. The van der Waals surface area contributed by atoms with Crippen molar-refractivity contribution in [1.82, 2.24) is 14.9 Å². The van der Waals surface area contributed by atoms with Crippen LogP contribution in [0.2, 0.25) is 0 Å². The van der Waals surface area contributed by atoms with Gasteiger partial charge in [-0.1, -0.05) is 13.0 Å². The van der Waals surface area contributed by atoms with Crippen LogP contribution in [-0.4, -0.2) is 21.8 Å². The van der Waals surface area contributed by atoms with E-state index in [2.05, 4.69) is 27.9 Å². The van der Waals surface area contributed by atoms with Gasteiger partial charge in [0.2, 0.25) is 0 Å². The van der Waals surface area contributed by atoms with E-state index in [-0.39, 0.29) is 0 Å². The Labute approximate surface area is 148 Å². The molecule has 25 heavy (non-hydrogen) atoms. The second kappa shape index (κ2) is 6.12. The van der Waals surface area contributed by atoms with Crippen LogP contribution in [0.1, 0.15) is 37.2 Å². The predicted molar refractivity (Wildman–Crippen MR) is 95.2 cm³/mol. The largest absolute Gasteiger partial charge is 0.416 e. The van der Waals surface area contributed by atoms with Gasteiger partial charge >= 0.3 is 6.18 Å². The van der Waals surface area contributed by atoms with Crippen molar-refractivity contribution in [1.29, 1.82) is 0 Å². The third-order valence-corrected chi connectivity index (χ3v) is 5.33. The lowest BCUT2D eigenvalue weighted by Crippen LogP contribution is -2.13. The van der Waals surface area contributed by atoms with E-state index in [1.165, 1.54) is 0 Å². The van der Waals surface area contributed by atoms with Crippen LogP contribution in [0.5, 0.6) is 0 Å². The fourth-order valence-corrected chi connectivity index (χ4v) is 3.94. The van der Waals surface area contributed by atoms with Crippen LogP contribution in [0.15, 0.2) is 35.4 Å². The zero-order chi connectivity index (χ0) is 17.6. The highest BCUT2D eigenvalue weighted by Crippen LogP contribution is 2.43. The topological polar surface area (TPSA) is 29.9 Å². The highest BCUT2D eigenvalue weighted by atomic mass is 32.2. The van der Waals surface area contributed by atoms with Crippen molar-refractivity contribution in [3.8, 4) is 0 Å². The molecule has 0 unspecified atom stereocenters. The first kappa shape index (κ1) is 16.6. The molecule has 1 aliphatic carbocycles. The number of alkyl halides is 3. The molecule has 0 spiro atoms. The molecule has 0 saturated heterocycles. The first-order valence-electron chi connectivity index (χ1n) is 8.35. The highest BCUT2D eigenvalue weighted by molar-refractivity contribution is 8.03. The molecule has 2 heterocycles. The summed E-state index contributed by atoms with van der Waals surface area (Å²) in [5.74, 6) is 1.71. The normalized spacial score (nSPS) is 18.1. The van der Waals surface area contributed by atoms with E-state index in [0.29, 0.717) is 18.1 Å². The van der Waals surface area contributed by atoms with E-state index in [0.717, 1.165) is 52.5 Å². The maximum Gasteiger partial charge on any atom is 0.416 e. The zero-order valence-corrected chi connectivity index (χ0v) is 14.5. The van der Waals surface area contributed by atoms with Crippen LogP contribution < -0.4 is 5.32 Å². The van der Waals surface area contributed by atoms with Crippen molar-refractivity contribution in [3.63, 3.8) is 0 Å². The van der Waals surface area contributed by atoms with Crippen molar-refractivity contribution < 1.29 is 13.2 Å². The highest BCUT2D eigenvalue weighted by Gasteiger charge is 2.34. The first-order chi connectivity index (χ1) is 12.0. The summed E-state index contributed by atoms with van der Waals surface area (Å²) in [6.45, 7) is 2.78. The molecule has 2 aliphatic rings. The average molecular weight is 365 g/mol. The molecule has 132 valence electrons. The summed E-state index contributed by atoms with van der Waals surface area (Å²) < 4.78 is 41.3. The smallest absolute Gasteiger partial charge is 0.386 e. The van der Waals surface area contributed by atoms with E-state index in [1.807, 2.05) is 6.20 Å². The van der Waals surface area contributed by atoms with Gasteiger partial charge in [0.1, 0.15) is 5.82 Å². The van der Waals surface area contributed by atoms with Crippen LogP contribution in [0, 0.1) is 0 Å². The number of rotatable bonds is 4. The third-order valence-electron chi connectivity index (χ3n) is 4.39. The molecule has 0 bridgehead atoms. The molecule has 3 nitrogen and oxygen atoms in total. The van der Waals surface area contributed by atoms with Crippen molar-refractivity contribution in [3.05, 3.63) is 46.8 Å². The maximum absolute atomic E-state index is 13.0. The van der Waals surface area contributed by atoms with Crippen LogP contribution >= 0.6 is 11.8 Å². The number of aromatic nitrogens is 2. The number of nitrogens with one attached hydrogen (secondary N) is 1. The van der Waals surface area contributed by atoms with Crippen LogP contribution in [0.3, 0.4) is 0 Å². The van der Waals surface area contributed by atoms with Gasteiger partial charge < -0.3 is 9.88 Å². The second-order valence-corrected chi connectivity index (χ2v) is 7.51. The molecule has 0 radical (unpaired) electrons. The Kier molecular flexibility index (Phi) is 4.06. The third kappa shape index (κ3) is 3.05. The molecule has 1 aliphatic heterocycles. The standard InChI is InChI=1S/C18H18F3N3S/c1-2-25-16-10-22-8-7-13(16)17-23-14-9-11(18(19,20)21)3-6-15(14)24(17)12-4-5-12/h3,6-7,9-10,12,22H,2,4-5,8H2,1H3. The quantitative estimate of drug-likeness (QED) is 0.830. The molecule has 0 atom stereocenters. The molecule has 1 N–H and O–H groups in total. The number of fused-ring (bicyclic) bond motifs is 1.